The molecule has 1 spiro atoms. The van der Waals surface area contributed by atoms with Crippen molar-refractivity contribution >= 4 is 11.9 Å². The molecule has 0 aromatic carbocycles. The summed E-state index contributed by atoms with van der Waals surface area (Å²) in [5, 5.41) is 8.78. The minimum absolute atomic E-state index is 0.142. The molecule has 5 aliphatic rings. The summed E-state index contributed by atoms with van der Waals surface area (Å²) in [4.78, 5) is 34.5. The number of carboxylic acids is 1. The number of hydrogen-bond donors (Lipinski definition) is 1. The fourth-order valence-electron chi connectivity index (χ4n) is 6.16. The van der Waals surface area contributed by atoms with Gasteiger partial charge in [-0.15, -0.1) is 0 Å². The second-order valence-corrected chi connectivity index (χ2v) is 9.54. The molecule has 0 aromatic heterocycles. The molecular weight excluding hydrogens is 437 g/mol. The summed E-state index contributed by atoms with van der Waals surface area (Å²) in [6, 6.07) is 0. The highest BCUT2D eigenvalue weighted by molar-refractivity contribution is 5.76. The number of carbonyl (C=O) groups is 2. The Morgan fingerprint density at radius 3 is 2.44 bits per heavy atom. The average molecular weight is 466 g/mol. The van der Waals surface area contributed by atoms with Crippen molar-refractivity contribution in [2.45, 2.75) is 95.4 Å². The summed E-state index contributed by atoms with van der Waals surface area (Å²) in [5.74, 6) is -9.17. The third-order valence-electron chi connectivity index (χ3n) is 7.79. The van der Waals surface area contributed by atoms with Crippen molar-refractivity contribution in [1.29, 1.82) is 0 Å². The van der Waals surface area contributed by atoms with Gasteiger partial charge in [0, 0.05) is 18.3 Å². The van der Waals surface area contributed by atoms with E-state index >= 15 is 0 Å². The normalized spacial score (nSPS) is 45.6. The van der Waals surface area contributed by atoms with E-state index in [1.54, 1.807) is 6.92 Å². The fraction of sp³-hybridized carbons (Fsp3) is 0.905. The highest BCUT2D eigenvalue weighted by Gasteiger charge is 2.78. The second-order valence-electron chi connectivity index (χ2n) is 9.54. The number of esters is 1. The third-order valence-corrected chi connectivity index (χ3v) is 7.79. The summed E-state index contributed by atoms with van der Waals surface area (Å²) in [7, 11) is 0. The molecule has 182 valence electrons. The zero-order valence-corrected chi connectivity index (χ0v) is 18.3. The highest BCUT2D eigenvalue weighted by Crippen LogP contribution is 2.64. The first-order chi connectivity index (χ1) is 14.9. The van der Waals surface area contributed by atoms with E-state index in [0.717, 1.165) is 6.42 Å². The van der Waals surface area contributed by atoms with Gasteiger partial charge in [0.05, 0.1) is 12.8 Å². The van der Waals surface area contributed by atoms with Gasteiger partial charge in [-0.05, 0) is 38.0 Å². The Morgan fingerprint density at radius 1 is 1.09 bits per heavy atom. The van der Waals surface area contributed by atoms with Gasteiger partial charge in [-0.3, -0.25) is 14.3 Å². The molecule has 1 saturated carbocycles. The molecule has 32 heavy (non-hydrogen) atoms. The molecular formula is C21H29F3O8. The Bertz CT molecular complexity index is 771. The summed E-state index contributed by atoms with van der Waals surface area (Å²) in [5.41, 5.74) is -1.25. The van der Waals surface area contributed by atoms with Crippen molar-refractivity contribution in [3.05, 3.63) is 0 Å². The van der Waals surface area contributed by atoms with Gasteiger partial charge in [-0.1, -0.05) is 20.3 Å². The Kier molecular flexibility index (Phi) is 5.79. The molecule has 8 atom stereocenters. The van der Waals surface area contributed by atoms with E-state index in [1.165, 1.54) is 6.92 Å². The molecule has 4 saturated heterocycles. The van der Waals surface area contributed by atoms with Crippen molar-refractivity contribution in [2.24, 2.45) is 23.7 Å². The van der Waals surface area contributed by atoms with Crippen molar-refractivity contribution < 1.29 is 51.9 Å². The maximum atomic E-state index is 14.5. The van der Waals surface area contributed by atoms with Crippen LogP contribution >= 0.6 is 0 Å². The van der Waals surface area contributed by atoms with Crippen LogP contribution < -0.4 is 0 Å². The summed E-state index contributed by atoms with van der Waals surface area (Å²) in [6.45, 7) is 4.95. The van der Waals surface area contributed by atoms with Crippen LogP contribution in [0.5, 0.6) is 0 Å². The Labute approximate surface area is 183 Å². The molecule has 0 aromatic rings. The van der Waals surface area contributed by atoms with Crippen LogP contribution in [0.4, 0.5) is 13.2 Å². The topological polar surface area (TPSA) is 101 Å². The number of carboxylic acid groups (broad SMARTS) is 1. The van der Waals surface area contributed by atoms with E-state index in [4.69, 9.17) is 29.1 Å². The maximum absolute atomic E-state index is 14.5. The molecule has 0 unspecified atom stereocenters. The highest BCUT2D eigenvalue weighted by atomic mass is 19.4. The smallest absolute Gasteiger partial charge is 0.455 e. The number of fused-ring (bicyclic) bond motifs is 2. The van der Waals surface area contributed by atoms with Crippen LogP contribution in [0.25, 0.3) is 0 Å². The van der Waals surface area contributed by atoms with Gasteiger partial charge in [-0.25, -0.2) is 9.78 Å². The van der Waals surface area contributed by atoms with Crippen LogP contribution in [0, 0.1) is 23.7 Å². The third kappa shape index (κ3) is 3.43. The van der Waals surface area contributed by atoms with Gasteiger partial charge in [0.1, 0.15) is 0 Å². The van der Waals surface area contributed by atoms with Crippen molar-refractivity contribution in [3.63, 3.8) is 0 Å². The molecule has 2 bridgehead atoms. The van der Waals surface area contributed by atoms with E-state index in [-0.39, 0.29) is 11.8 Å². The molecule has 0 radical (unpaired) electrons. The number of rotatable bonds is 5. The average Bonchev–Trinajstić information content (AvgIpc) is 2.93. The lowest BCUT2D eigenvalue weighted by Crippen LogP contribution is -2.76. The first-order valence-corrected chi connectivity index (χ1v) is 11.1. The molecule has 1 aliphatic carbocycles. The number of halogens is 3. The number of ether oxygens (including phenoxy) is 3. The molecule has 5 rings (SSSR count). The minimum Gasteiger partial charge on any atom is -0.481 e. The number of alkyl halides is 3. The Hall–Kier alpha value is -1.43. The van der Waals surface area contributed by atoms with Crippen LogP contribution in [0.1, 0.15) is 65.7 Å². The van der Waals surface area contributed by atoms with E-state index in [0.29, 0.717) is 25.7 Å². The first-order valence-electron chi connectivity index (χ1n) is 11.1. The molecule has 0 amide bonds. The number of aliphatic carboxylic acids is 1. The zero-order valence-electron chi connectivity index (χ0n) is 18.3. The second kappa shape index (κ2) is 7.82. The summed E-state index contributed by atoms with van der Waals surface area (Å²) >= 11 is 0. The van der Waals surface area contributed by atoms with Crippen LogP contribution in [0.3, 0.4) is 0 Å². The molecule has 5 fully saturated rings. The van der Waals surface area contributed by atoms with Gasteiger partial charge in [0.25, 0.3) is 0 Å². The largest absolute Gasteiger partial charge is 0.481 e. The molecule has 8 nitrogen and oxygen atoms in total. The van der Waals surface area contributed by atoms with Gasteiger partial charge in [0.15, 0.2) is 11.9 Å². The summed E-state index contributed by atoms with van der Waals surface area (Å²) in [6.07, 6.45) is -4.90. The molecule has 11 heteroatoms. The lowest BCUT2D eigenvalue weighted by Gasteiger charge is -2.62. The quantitative estimate of drug-likeness (QED) is 0.481. The van der Waals surface area contributed by atoms with Crippen LogP contribution in [0.15, 0.2) is 0 Å². The Balaban J connectivity index is 1.76. The monoisotopic (exact) mass is 466 g/mol. The van der Waals surface area contributed by atoms with Crippen LogP contribution in [-0.4, -0.2) is 46.7 Å². The lowest BCUT2D eigenvalue weighted by atomic mass is 9.56. The van der Waals surface area contributed by atoms with Gasteiger partial charge in [0.2, 0.25) is 5.79 Å². The van der Waals surface area contributed by atoms with Gasteiger partial charge in [-0.2, -0.15) is 13.2 Å². The first kappa shape index (κ1) is 23.7. The maximum Gasteiger partial charge on any atom is 0.455 e. The number of hydrogen-bond acceptors (Lipinski definition) is 7. The van der Waals surface area contributed by atoms with Gasteiger partial charge >= 0.3 is 23.9 Å². The SMILES string of the molecule is CC[C@@H]1CC[C@H]2[C@@H](C)[C@](OC(=O)CCC(=O)O)(C(F)(F)F)O[C@@H]3O[C@]4(C)CC[C@@H]1[C@]32OO4. The zero-order chi connectivity index (χ0) is 23.5. The fourth-order valence-corrected chi connectivity index (χ4v) is 6.16. The van der Waals surface area contributed by atoms with E-state index < -0.39 is 66.3 Å². The summed E-state index contributed by atoms with van der Waals surface area (Å²) < 4.78 is 60.1. The van der Waals surface area contributed by atoms with Crippen LogP contribution in [-0.2, 0) is 33.6 Å². The van der Waals surface area contributed by atoms with Crippen LogP contribution in [0.2, 0.25) is 0 Å². The van der Waals surface area contributed by atoms with E-state index in [2.05, 4.69) is 0 Å². The van der Waals surface area contributed by atoms with Crippen molar-refractivity contribution in [1.82, 2.24) is 0 Å². The molecule has 4 heterocycles. The van der Waals surface area contributed by atoms with E-state index in [9.17, 15) is 22.8 Å². The van der Waals surface area contributed by atoms with Crippen molar-refractivity contribution in [2.75, 3.05) is 0 Å². The molecule has 4 aliphatic heterocycles. The van der Waals surface area contributed by atoms with Crippen molar-refractivity contribution in [3.8, 4) is 0 Å². The van der Waals surface area contributed by atoms with Gasteiger partial charge < -0.3 is 14.6 Å². The predicted octanol–water partition coefficient (Wildman–Crippen LogP) is 3.93. The standard InChI is InChI=1S/C21H29F3O8/c1-4-12-5-6-13-11(2)20(21(22,23)24,28-16(27)8-7-15(25)26)30-17-19(13)14(12)9-10-18(3,29-17)31-32-19/h11-14,17H,4-10H2,1-3H3,(H,25,26)/t11-,12-,13+,14+,17+,18+,19+,20-/m1/s1. The lowest BCUT2D eigenvalue weighted by molar-refractivity contribution is -0.596. The Morgan fingerprint density at radius 2 is 1.81 bits per heavy atom. The minimum atomic E-state index is -5.08. The predicted molar refractivity (Wildman–Crippen MR) is 99.4 cm³/mol. The molecule has 1 N–H and O–H groups in total. The van der Waals surface area contributed by atoms with E-state index in [1.807, 2.05) is 6.92 Å². The number of carbonyl (C=O) groups excluding carboxylic acids is 1.